The molecule has 0 unspecified atom stereocenters. The summed E-state index contributed by atoms with van der Waals surface area (Å²) >= 11 is 0. The smallest absolute Gasteiger partial charge is 0.273 e. The minimum Gasteiger partial charge on any atom is -0.504 e. The first kappa shape index (κ1) is 14.6. The summed E-state index contributed by atoms with van der Waals surface area (Å²) in [6.07, 6.45) is 3.10. The first-order chi connectivity index (χ1) is 11.2. The van der Waals surface area contributed by atoms with Crippen molar-refractivity contribution in [2.24, 2.45) is 5.10 Å². The molecular weight excluding hydrogens is 294 g/mol. The number of hydrazone groups is 1. The maximum atomic E-state index is 12.2. The Kier molecular flexibility index (Phi) is 3.97. The summed E-state index contributed by atoms with van der Waals surface area (Å²) in [7, 11) is 1.48. The number of carbonyl (C=O) groups excluding carboxylic acids is 1. The molecule has 0 saturated heterocycles. The van der Waals surface area contributed by atoms with Gasteiger partial charge in [-0.3, -0.25) is 4.79 Å². The molecule has 6 heteroatoms. The van der Waals surface area contributed by atoms with Crippen LogP contribution in [0, 0.1) is 0 Å². The zero-order valence-electron chi connectivity index (χ0n) is 12.4. The number of benzene rings is 2. The molecule has 0 aliphatic rings. The van der Waals surface area contributed by atoms with Gasteiger partial charge in [-0.1, -0.05) is 18.2 Å². The average Bonchev–Trinajstić information content (AvgIpc) is 2.99. The number of aromatic amines is 1. The monoisotopic (exact) mass is 309 g/mol. The van der Waals surface area contributed by atoms with Gasteiger partial charge in [-0.25, -0.2) is 5.43 Å². The highest BCUT2D eigenvalue weighted by Crippen LogP contribution is 2.25. The van der Waals surface area contributed by atoms with Crippen LogP contribution in [0.1, 0.15) is 15.9 Å². The topological polar surface area (TPSA) is 86.7 Å². The second kappa shape index (κ2) is 6.23. The molecule has 116 valence electrons. The molecule has 0 aliphatic heterocycles. The second-order valence-corrected chi connectivity index (χ2v) is 4.88. The van der Waals surface area contributed by atoms with Crippen molar-refractivity contribution in [1.82, 2.24) is 10.4 Å². The number of rotatable bonds is 4. The Labute approximate surface area is 132 Å². The van der Waals surface area contributed by atoms with E-state index in [0.717, 1.165) is 10.9 Å². The molecule has 3 aromatic rings. The number of aromatic hydroxyl groups is 1. The van der Waals surface area contributed by atoms with E-state index in [4.69, 9.17) is 4.74 Å². The molecule has 0 spiro atoms. The molecule has 0 bridgehead atoms. The zero-order chi connectivity index (χ0) is 16.2. The highest BCUT2D eigenvalue weighted by molar-refractivity contribution is 6.06. The predicted octanol–water partition coefficient (Wildman–Crippen LogP) is 2.65. The van der Waals surface area contributed by atoms with Gasteiger partial charge in [-0.15, -0.1) is 0 Å². The van der Waals surface area contributed by atoms with Gasteiger partial charge >= 0.3 is 0 Å². The summed E-state index contributed by atoms with van der Waals surface area (Å²) in [4.78, 5) is 15.2. The highest BCUT2D eigenvalue weighted by atomic mass is 16.5. The van der Waals surface area contributed by atoms with E-state index in [1.165, 1.54) is 19.4 Å². The molecule has 0 fully saturated rings. The standard InChI is InChI=1S/C17H15N3O3/c1-23-16-7-6-11(8-15(16)21)9-19-20-17(22)13-10-18-14-5-3-2-4-12(13)14/h2-10,18,21H,1H3,(H,20,22). The van der Waals surface area contributed by atoms with Gasteiger partial charge in [-0.05, 0) is 29.8 Å². The molecule has 0 radical (unpaired) electrons. The second-order valence-electron chi connectivity index (χ2n) is 4.88. The minimum atomic E-state index is -0.309. The number of ether oxygens (including phenoxy) is 1. The van der Waals surface area contributed by atoms with Crippen LogP contribution >= 0.6 is 0 Å². The summed E-state index contributed by atoms with van der Waals surface area (Å²) in [6, 6.07) is 12.4. The summed E-state index contributed by atoms with van der Waals surface area (Å²) in [6.45, 7) is 0. The Bertz CT molecular complexity index is 884. The van der Waals surface area contributed by atoms with Crippen LogP contribution in [0.5, 0.6) is 11.5 Å². The molecule has 1 amide bonds. The van der Waals surface area contributed by atoms with Crippen LogP contribution in [-0.4, -0.2) is 29.3 Å². The van der Waals surface area contributed by atoms with Gasteiger partial charge in [0, 0.05) is 17.1 Å². The predicted molar refractivity (Wildman–Crippen MR) is 88.0 cm³/mol. The zero-order valence-corrected chi connectivity index (χ0v) is 12.4. The lowest BCUT2D eigenvalue weighted by Gasteiger charge is -2.03. The fraction of sp³-hybridized carbons (Fsp3) is 0.0588. The maximum absolute atomic E-state index is 12.2. The minimum absolute atomic E-state index is 0.0133. The van der Waals surface area contributed by atoms with Crippen molar-refractivity contribution in [2.45, 2.75) is 0 Å². The van der Waals surface area contributed by atoms with Gasteiger partial charge < -0.3 is 14.8 Å². The third kappa shape index (κ3) is 3.01. The Morgan fingerprint density at radius 1 is 1.30 bits per heavy atom. The number of hydrogen-bond donors (Lipinski definition) is 3. The number of phenols is 1. The molecule has 1 aromatic heterocycles. The van der Waals surface area contributed by atoms with E-state index in [0.29, 0.717) is 16.9 Å². The van der Waals surface area contributed by atoms with Gasteiger partial charge in [0.2, 0.25) is 0 Å². The third-order valence-corrected chi connectivity index (χ3v) is 3.42. The summed E-state index contributed by atoms with van der Waals surface area (Å²) < 4.78 is 4.96. The molecule has 6 nitrogen and oxygen atoms in total. The van der Waals surface area contributed by atoms with Crippen LogP contribution in [0.4, 0.5) is 0 Å². The first-order valence-electron chi connectivity index (χ1n) is 6.95. The van der Waals surface area contributed by atoms with E-state index in [1.807, 2.05) is 24.3 Å². The maximum Gasteiger partial charge on any atom is 0.273 e. The van der Waals surface area contributed by atoms with Crippen LogP contribution in [0.3, 0.4) is 0 Å². The van der Waals surface area contributed by atoms with Crippen molar-refractivity contribution in [1.29, 1.82) is 0 Å². The van der Waals surface area contributed by atoms with Crippen molar-refractivity contribution in [3.05, 3.63) is 59.8 Å². The molecule has 3 N–H and O–H groups in total. The van der Waals surface area contributed by atoms with Gasteiger partial charge in [0.05, 0.1) is 18.9 Å². The number of hydrogen-bond acceptors (Lipinski definition) is 4. The largest absolute Gasteiger partial charge is 0.504 e. The molecular formula is C17H15N3O3. The average molecular weight is 309 g/mol. The number of nitrogens with zero attached hydrogens (tertiary/aromatic N) is 1. The Hall–Kier alpha value is -3.28. The van der Waals surface area contributed by atoms with E-state index in [2.05, 4.69) is 15.5 Å². The number of amides is 1. The SMILES string of the molecule is COc1ccc(C=NNC(=O)c2c[nH]c3ccccc23)cc1O. The quantitative estimate of drug-likeness (QED) is 0.511. The molecule has 0 aliphatic carbocycles. The van der Waals surface area contributed by atoms with Crippen molar-refractivity contribution < 1.29 is 14.6 Å². The lowest BCUT2D eigenvalue weighted by atomic mass is 10.2. The Morgan fingerprint density at radius 3 is 2.91 bits per heavy atom. The van der Waals surface area contributed by atoms with Crippen molar-refractivity contribution in [2.75, 3.05) is 7.11 Å². The number of methoxy groups -OCH3 is 1. The van der Waals surface area contributed by atoms with Crippen LogP contribution in [-0.2, 0) is 0 Å². The Balaban J connectivity index is 1.72. The number of H-pyrrole nitrogens is 1. The first-order valence-corrected chi connectivity index (χ1v) is 6.95. The Morgan fingerprint density at radius 2 is 2.13 bits per heavy atom. The van der Waals surface area contributed by atoms with Crippen LogP contribution in [0.25, 0.3) is 10.9 Å². The number of phenolic OH excluding ortho intramolecular Hbond substituents is 1. The summed E-state index contributed by atoms with van der Waals surface area (Å²) in [5, 5.41) is 14.4. The number of fused-ring (bicyclic) bond motifs is 1. The summed E-state index contributed by atoms with van der Waals surface area (Å²) in [5.41, 5.74) is 4.53. The van der Waals surface area contributed by atoms with E-state index in [1.54, 1.807) is 18.3 Å². The number of para-hydroxylation sites is 1. The molecule has 23 heavy (non-hydrogen) atoms. The third-order valence-electron chi connectivity index (χ3n) is 3.42. The molecule has 3 rings (SSSR count). The van der Waals surface area contributed by atoms with Crippen LogP contribution in [0.15, 0.2) is 53.8 Å². The van der Waals surface area contributed by atoms with Crippen LogP contribution in [0.2, 0.25) is 0 Å². The van der Waals surface area contributed by atoms with E-state index < -0.39 is 0 Å². The van der Waals surface area contributed by atoms with Gasteiger partial charge in [-0.2, -0.15) is 5.10 Å². The lowest BCUT2D eigenvalue weighted by molar-refractivity contribution is 0.0957. The highest BCUT2D eigenvalue weighted by Gasteiger charge is 2.10. The molecule has 2 aromatic carbocycles. The molecule has 0 saturated carbocycles. The van der Waals surface area contributed by atoms with Crippen LogP contribution < -0.4 is 10.2 Å². The fourth-order valence-corrected chi connectivity index (χ4v) is 2.27. The van der Waals surface area contributed by atoms with Gasteiger partial charge in [0.25, 0.3) is 5.91 Å². The van der Waals surface area contributed by atoms with E-state index >= 15 is 0 Å². The lowest BCUT2D eigenvalue weighted by Crippen LogP contribution is -2.17. The van der Waals surface area contributed by atoms with Gasteiger partial charge in [0.15, 0.2) is 11.5 Å². The number of nitrogens with one attached hydrogen (secondary N) is 2. The molecule has 1 heterocycles. The number of carbonyl (C=O) groups is 1. The van der Waals surface area contributed by atoms with E-state index in [-0.39, 0.29) is 11.7 Å². The fourth-order valence-electron chi connectivity index (χ4n) is 2.27. The van der Waals surface area contributed by atoms with Crippen molar-refractivity contribution in [3.8, 4) is 11.5 Å². The van der Waals surface area contributed by atoms with Crippen molar-refractivity contribution in [3.63, 3.8) is 0 Å². The van der Waals surface area contributed by atoms with E-state index in [9.17, 15) is 9.90 Å². The van der Waals surface area contributed by atoms with Gasteiger partial charge in [0.1, 0.15) is 0 Å². The van der Waals surface area contributed by atoms with Crippen molar-refractivity contribution >= 4 is 23.0 Å². The molecule has 0 atom stereocenters. The number of aromatic nitrogens is 1. The summed E-state index contributed by atoms with van der Waals surface area (Å²) in [5.74, 6) is 0.0841. The normalized spacial score (nSPS) is 11.0.